The molecule has 0 aliphatic heterocycles. The van der Waals surface area contributed by atoms with Crippen LogP contribution in [0.3, 0.4) is 0 Å². The molecule has 76 heavy (non-hydrogen) atoms. The molecule has 0 amide bonds. The first-order valence-corrected chi connectivity index (χ1v) is 24.9. The molecule has 366 valence electrons. The predicted octanol–water partition coefficient (Wildman–Crippen LogP) is 13.0. The number of aromatic amines is 6. The summed E-state index contributed by atoms with van der Waals surface area (Å²) in [5.41, 5.74) is 10.1. The minimum atomic E-state index is -0.129. The van der Waals surface area contributed by atoms with E-state index >= 15 is 0 Å². The summed E-state index contributed by atoms with van der Waals surface area (Å²) in [5, 5.41) is 7.95. The van der Waals surface area contributed by atoms with Crippen molar-refractivity contribution in [1.82, 2.24) is 29.9 Å². The van der Waals surface area contributed by atoms with Crippen LogP contribution in [-0.4, -0.2) is 29.9 Å². The molecule has 6 aromatic heterocycles. The van der Waals surface area contributed by atoms with Crippen LogP contribution >= 0.6 is 23.2 Å². The highest BCUT2D eigenvalue weighted by atomic mass is 35.5. The lowest BCUT2D eigenvalue weighted by atomic mass is 10.0. The quantitative estimate of drug-likeness (QED) is 0.0817. The fourth-order valence-electron chi connectivity index (χ4n) is 10.4. The van der Waals surface area contributed by atoms with E-state index in [1.807, 2.05) is 86.6 Å². The zero-order valence-electron chi connectivity index (χ0n) is 40.2. The van der Waals surface area contributed by atoms with Crippen LogP contribution in [0, 0.1) is 13.8 Å². The molecule has 6 N–H and O–H groups in total. The van der Waals surface area contributed by atoms with Gasteiger partial charge in [-0.2, -0.15) is 0 Å². The Hall–Kier alpha value is -9.62. The van der Waals surface area contributed by atoms with Crippen molar-refractivity contribution in [1.29, 1.82) is 0 Å². The van der Waals surface area contributed by atoms with E-state index < -0.39 is 0 Å². The number of fused-ring (bicyclic) bond motifs is 12. The van der Waals surface area contributed by atoms with Crippen LogP contribution in [0.25, 0.3) is 131 Å². The Morgan fingerprint density at radius 1 is 0.237 bits per heavy atom. The molecule has 15 rings (SSSR count). The largest absolute Gasteiger partial charge is 0.354 e. The molecule has 0 saturated heterocycles. The van der Waals surface area contributed by atoms with E-state index in [1.54, 1.807) is 84.9 Å². The second kappa shape index (κ2) is 17.5. The lowest BCUT2D eigenvalue weighted by Gasteiger charge is -2.07. The number of aryl methyl sites for hydroxylation is 2. The monoisotopic (exact) mass is 1030 g/mol. The summed E-state index contributed by atoms with van der Waals surface area (Å²) in [5.74, 6) is 0. The number of halogens is 2. The maximum atomic E-state index is 13.0. The van der Waals surface area contributed by atoms with Crippen molar-refractivity contribution in [2.75, 3.05) is 0 Å². The van der Waals surface area contributed by atoms with Gasteiger partial charge in [-0.25, -0.2) is 0 Å². The van der Waals surface area contributed by atoms with Crippen LogP contribution in [0.4, 0.5) is 0 Å². The molecule has 0 unspecified atom stereocenters. The Kier molecular flexibility index (Phi) is 10.6. The Morgan fingerprint density at radius 2 is 0.461 bits per heavy atom. The number of aromatic nitrogens is 6. The normalized spacial score (nSPS) is 11.7. The third-order valence-electron chi connectivity index (χ3n) is 14.2. The van der Waals surface area contributed by atoms with Crippen molar-refractivity contribution in [2.45, 2.75) is 13.8 Å². The van der Waals surface area contributed by atoms with Gasteiger partial charge in [0.25, 0.3) is 0 Å². The molecule has 12 nitrogen and oxygen atoms in total. The predicted molar refractivity (Wildman–Crippen MR) is 313 cm³/mol. The van der Waals surface area contributed by atoms with Crippen LogP contribution in [0.1, 0.15) is 11.1 Å². The van der Waals surface area contributed by atoms with Crippen LogP contribution in [0.15, 0.2) is 186 Å². The van der Waals surface area contributed by atoms with Crippen molar-refractivity contribution < 1.29 is 0 Å². The lowest BCUT2D eigenvalue weighted by Crippen LogP contribution is -2.08. The van der Waals surface area contributed by atoms with Crippen molar-refractivity contribution in [3.05, 3.63) is 240 Å². The van der Waals surface area contributed by atoms with Gasteiger partial charge in [0.15, 0.2) is 32.6 Å². The molecule has 0 fully saturated rings. The van der Waals surface area contributed by atoms with Gasteiger partial charge in [0.1, 0.15) is 0 Å². The molecule has 0 atom stereocenters. The average molecular weight is 1030 g/mol. The molecule has 15 aromatic rings. The molecule has 0 bridgehead atoms. The highest BCUT2D eigenvalue weighted by Gasteiger charge is 2.15. The standard InChI is InChI=1S/C22H16N2O2.C20H10Cl2N2O2.C20H12N2O2/c1-11-3-5-17-13(7-11)21(25)15-9-20-16(10-19(15)23-17)22(26)14-8-12(2)4-6-18(14)24-20;21-9-1-3-15-11(5-9)19(25)13-8-18-14(7-17(13)23-15)20(26)12-6-10(22)2-4-16(12)24-18;23-19-11-5-1-3-7-15(11)21-17-10-14-18(9-13(17)19)22-16-8-4-2-6-12(16)20(14)24/h3-10H,1-2H3,(H,23,25)(H,24,26);1-8H,(H,23,25)(H,24,26);1-10H,(H,21,23)(H,22,24). The van der Waals surface area contributed by atoms with Crippen LogP contribution in [-0.2, 0) is 0 Å². The first kappa shape index (κ1) is 46.2. The van der Waals surface area contributed by atoms with E-state index in [1.165, 1.54) is 0 Å². The summed E-state index contributed by atoms with van der Waals surface area (Å²) in [4.78, 5) is 96.8. The van der Waals surface area contributed by atoms with Crippen molar-refractivity contribution in [3.8, 4) is 0 Å². The summed E-state index contributed by atoms with van der Waals surface area (Å²) in [6.45, 7) is 3.93. The summed E-state index contributed by atoms with van der Waals surface area (Å²) < 4.78 is 0. The van der Waals surface area contributed by atoms with Crippen molar-refractivity contribution >= 4 is 154 Å². The molecule has 0 aliphatic rings. The number of nitrogens with one attached hydrogen (secondary N) is 6. The van der Waals surface area contributed by atoms with Gasteiger partial charge in [-0.1, -0.05) is 70.7 Å². The molecule has 0 radical (unpaired) electrons. The summed E-state index contributed by atoms with van der Waals surface area (Å²) >= 11 is 12.0. The Labute approximate surface area is 435 Å². The highest BCUT2D eigenvalue weighted by Crippen LogP contribution is 2.27. The number of hydrogen-bond acceptors (Lipinski definition) is 6. The molecule has 0 aliphatic carbocycles. The third-order valence-corrected chi connectivity index (χ3v) is 14.7. The number of hydrogen-bond donors (Lipinski definition) is 6. The lowest BCUT2D eigenvalue weighted by molar-refractivity contribution is 1.42. The van der Waals surface area contributed by atoms with Crippen LogP contribution < -0.4 is 32.6 Å². The second-order valence-electron chi connectivity index (χ2n) is 19.1. The van der Waals surface area contributed by atoms with E-state index in [9.17, 15) is 28.8 Å². The number of rotatable bonds is 0. The van der Waals surface area contributed by atoms with Gasteiger partial charge in [-0.15, -0.1) is 0 Å². The topological polar surface area (TPSA) is 197 Å². The fourth-order valence-corrected chi connectivity index (χ4v) is 10.7. The molecule has 14 heteroatoms. The number of H-pyrrole nitrogens is 6. The number of para-hydroxylation sites is 2. The summed E-state index contributed by atoms with van der Waals surface area (Å²) in [6.07, 6.45) is 0. The fraction of sp³-hybridized carbons (Fsp3) is 0.0323. The molecular weight excluding hydrogens is 996 g/mol. The summed E-state index contributed by atoms with van der Waals surface area (Å²) in [7, 11) is 0. The molecule has 0 spiro atoms. The zero-order valence-corrected chi connectivity index (χ0v) is 41.7. The maximum Gasteiger partial charge on any atom is 0.197 e. The van der Waals surface area contributed by atoms with E-state index in [4.69, 9.17) is 23.2 Å². The van der Waals surface area contributed by atoms with Gasteiger partial charge < -0.3 is 29.9 Å². The average Bonchev–Trinajstić information content (AvgIpc) is 3.43. The van der Waals surface area contributed by atoms with E-state index in [0.717, 1.165) is 33.2 Å². The smallest absolute Gasteiger partial charge is 0.197 e. The molecule has 0 saturated carbocycles. The number of pyridine rings is 6. The van der Waals surface area contributed by atoms with Crippen LogP contribution in [0.5, 0.6) is 0 Å². The third kappa shape index (κ3) is 7.61. The van der Waals surface area contributed by atoms with Crippen molar-refractivity contribution in [2.24, 2.45) is 0 Å². The zero-order chi connectivity index (χ0) is 52.3. The molecular formula is C62H38Cl2N6O6. The van der Waals surface area contributed by atoms with Gasteiger partial charge in [-0.3, -0.25) is 28.8 Å². The van der Waals surface area contributed by atoms with Gasteiger partial charge >= 0.3 is 0 Å². The minimum Gasteiger partial charge on any atom is -0.354 e. The Balaban J connectivity index is 0.000000109. The number of benzene rings is 9. The molecule has 9 aromatic carbocycles. The van der Waals surface area contributed by atoms with Crippen molar-refractivity contribution in [3.63, 3.8) is 0 Å². The summed E-state index contributed by atoms with van der Waals surface area (Å²) in [6, 6.07) is 47.1. The molecule has 6 heterocycles. The van der Waals surface area contributed by atoms with Crippen LogP contribution in [0.2, 0.25) is 10.0 Å². The van der Waals surface area contributed by atoms with E-state index in [-0.39, 0.29) is 32.6 Å². The first-order chi connectivity index (χ1) is 36.7. The van der Waals surface area contributed by atoms with Gasteiger partial charge in [0.05, 0.1) is 33.1 Å². The SMILES string of the molecule is Cc1ccc2[nH]c3cc4c(=O)c5cc(C)ccc5[nH]c4cc3c(=O)c2c1.O=c1c2cc(Cl)ccc2[nH]c2cc3c(=O)c4cc(Cl)ccc4[nH]c3cc12.O=c1c2ccccc2[nH]c2cc3c(=O)c4ccccc4[nH]c3cc12. The minimum absolute atomic E-state index is 0.0239. The van der Waals surface area contributed by atoms with Gasteiger partial charge in [0.2, 0.25) is 0 Å². The Bertz CT molecular complexity index is 4890. The van der Waals surface area contributed by atoms with Gasteiger partial charge in [0, 0.05) is 108 Å². The van der Waals surface area contributed by atoms with Gasteiger partial charge in [-0.05, 0) is 135 Å². The van der Waals surface area contributed by atoms with E-state index in [2.05, 4.69) is 29.9 Å². The van der Waals surface area contributed by atoms with E-state index in [0.29, 0.717) is 119 Å². The first-order valence-electron chi connectivity index (χ1n) is 24.2. The highest BCUT2D eigenvalue weighted by molar-refractivity contribution is 6.31. The Morgan fingerprint density at radius 3 is 0.763 bits per heavy atom. The second-order valence-corrected chi connectivity index (χ2v) is 20.0. The maximum absolute atomic E-state index is 13.0.